The lowest BCUT2D eigenvalue weighted by Gasteiger charge is -2.22. The number of hydrogen-bond acceptors (Lipinski definition) is 3. The van der Waals surface area contributed by atoms with Gasteiger partial charge in [0.05, 0.1) is 6.61 Å². The Balaban J connectivity index is 2.48. The van der Waals surface area contributed by atoms with Crippen LogP contribution >= 0.6 is 0 Å². The Morgan fingerprint density at radius 1 is 1.29 bits per heavy atom. The molecule has 0 aliphatic rings. The number of anilines is 1. The summed E-state index contributed by atoms with van der Waals surface area (Å²) < 4.78 is 0. The van der Waals surface area contributed by atoms with E-state index in [4.69, 9.17) is 5.11 Å². The zero-order valence-electron chi connectivity index (χ0n) is 9.71. The van der Waals surface area contributed by atoms with Crippen LogP contribution in [-0.4, -0.2) is 29.8 Å². The Bertz CT molecular complexity index is 505. The predicted molar refractivity (Wildman–Crippen MR) is 71.2 cm³/mol. The van der Waals surface area contributed by atoms with Gasteiger partial charge < -0.3 is 10.0 Å². The molecule has 3 nitrogen and oxygen atoms in total. The van der Waals surface area contributed by atoms with E-state index in [1.165, 1.54) is 0 Å². The van der Waals surface area contributed by atoms with Gasteiger partial charge in [-0.15, -0.1) is 6.58 Å². The molecule has 1 heterocycles. The van der Waals surface area contributed by atoms with Gasteiger partial charge in [-0.1, -0.05) is 30.3 Å². The van der Waals surface area contributed by atoms with Gasteiger partial charge in [0.15, 0.2) is 0 Å². The Morgan fingerprint density at radius 2 is 2.12 bits per heavy atom. The van der Waals surface area contributed by atoms with E-state index in [0.29, 0.717) is 13.1 Å². The first-order valence-corrected chi connectivity index (χ1v) is 5.67. The van der Waals surface area contributed by atoms with Gasteiger partial charge in [0.1, 0.15) is 5.82 Å². The van der Waals surface area contributed by atoms with Crippen molar-refractivity contribution >= 4 is 16.6 Å². The lowest BCUT2D eigenvalue weighted by atomic mass is 10.1. The van der Waals surface area contributed by atoms with Crippen molar-refractivity contribution in [3.8, 4) is 0 Å². The van der Waals surface area contributed by atoms with E-state index >= 15 is 0 Å². The van der Waals surface area contributed by atoms with E-state index in [1.54, 1.807) is 6.20 Å². The Morgan fingerprint density at radius 3 is 2.88 bits per heavy atom. The van der Waals surface area contributed by atoms with Crippen molar-refractivity contribution in [1.82, 2.24) is 4.98 Å². The topological polar surface area (TPSA) is 36.4 Å². The van der Waals surface area contributed by atoms with Gasteiger partial charge in [0, 0.05) is 24.7 Å². The molecule has 0 saturated heterocycles. The maximum Gasteiger partial charge on any atom is 0.136 e. The molecule has 0 fully saturated rings. The molecule has 2 aromatic rings. The molecule has 0 amide bonds. The fourth-order valence-electron chi connectivity index (χ4n) is 1.92. The summed E-state index contributed by atoms with van der Waals surface area (Å²) >= 11 is 0. The smallest absolute Gasteiger partial charge is 0.136 e. The highest BCUT2D eigenvalue weighted by atomic mass is 16.3. The maximum absolute atomic E-state index is 9.09. The van der Waals surface area contributed by atoms with Crippen LogP contribution in [0.3, 0.4) is 0 Å². The summed E-state index contributed by atoms with van der Waals surface area (Å²) in [6.07, 6.45) is 3.62. The predicted octanol–water partition coefficient (Wildman–Crippen LogP) is 2.22. The summed E-state index contributed by atoms with van der Waals surface area (Å²) in [5.41, 5.74) is 0. The summed E-state index contributed by atoms with van der Waals surface area (Å²) in [5.74, 6) is 0.900. The van der Waals surface area contributed by atoms with E-state index in [2.05, 4.69) is 17.6 Å². The first kappa shape index (κ1) is 11.6. The lowest BCUT2D eigenvalue weighted by Crippen LogP contribution is -2.27. The first-order chi connectivity index (χ1) is 8.36. The minimum absolute atomic E-state index is 0.110. The number of nitrogens with zero attached hydrogens (tertiary/aromatic N) is 2. The second kappa shape index (κ2) is 5.46. The van der Waals surface area contributed by atoms with Crippen LogP contribution in [0.4, 0.5) is 5.82 Å². The minimum Gasteiger partial charge on any atom is -0.395 e. The fourth-order valence-corrected chi connectivity index (χ4v) is 1.92. The maximum atomic E-state index is 9.09. The second-order valence-corrected chi connectivity index (χ2v) is 3.81. The van der Waals surface area contributed by atoms with Crippen molar-refractivity contribution < 1.29 is 5.11 Å². The lowest BCUT2D eigenvalue weighted by molar-refractivity contribution is 0.303. The first-order valence-electron chi connectivity index (χ1n) is 5.67. The van der Waals surface area contributed by atoms with Crippen molar-refractivity contribution in [1.29, 1.82) is 0 Å². The van der Waals surface area contributed by atoms with Crippen molar-refractivity contribution in [2.75, 3.05) is 24.6 Å². The van der Waals surface area contributed by atoms with Crippen molar-refractivity contribution in [2.45, 2.75) is 0 Å². The van der Waals surface area contributed by atoms with Crippen LogP contribution in [0.15, 0.2) is 49.2 Å². The van der Waals surface area contributed by atoms with Crippen molar-refractivity contribution in [2.24, 2.45) is 0 Å². The SMILES string of the molecule is C=CCN(CCO)c1nccc2ccccc12. The number of benzene rings is 1. The molecule has 0 aliphatic carbocycles. The molecule has 0 saturated carbocycles. The molecular formula is C14H16N2O. The van der Waals surface area contributed by atoms with Crippen LogP contribution in [0.25, 0.3) is 10.8 Å². The number of hydrogen-bond donors (Lipinski definition) is 1. The zero-order valence-corrected chi connectivity index (χ0v) is 9.71. The Hall–Kier alpha value is -1.87. The highest BCUT2D eigenvalue weighted by Crippen LogP contribution is 2.23. The second-order valence-electron chi connectivity index (χ2n) is 3.81. The highest BCUT2D eigenvalue weighted by Gasteiger charge is 2.09. The summed E-state index contributed by atoms with van der Waals surface area (Å²) in [5, 5.41) is 11.4. The number of aromatic nitrogens is 1. The third kappa shape index (κ3) is 2.45. The molecule has 0 atom stereocenters. The summed E-state index contributed by atoms with van der Waals surface area (Å²) in [6, 6.07) is 10.1. The summed E-state index contributed by atoms with van der Waals surface area (Å²) in [7, 11) is 0. The molecule has 88 valence electrons. The normalized spacial score (nSPS) is 10.4. The largest absolute Gasteiger partial charge is 0.395 e. The molecule has 17 heavy (non-hydrogen) atoms. The average molecular weight is 228 g/mol. The number of pyridine rings is 1. The number of rotatable bonds is 5. The standard InChI is InChI=1S/C14H16N2O/c1-2-9-16(10-11-17)14-13-6-4-3-5-12(13)7-8-15-14/h2-8,17H,1,9-11H2. The van der Waals surface area contributed by atoms with Crippen LogP contribution in [0.1, 0.15) is 0 Å². The summed E-state index contributed by atoms with van der Waals surface area (Å²) in [6.45, 7) is 5.09. The van der Waals surface area contributed by atoms with E-state index in [9.17, 15) is 0 Å². The molecule has 0 radical (unpaired) electrons. The molecule has 1 aromatic heterocycles. The molecule has 1 N–H and O–H groups in total. The monoisotopic (exact) mass is 228 g/mol. The summed E-state index contributed by atoms with van der Waals surface area (Å²) in [4.78, 5) is 6.43. The van der Waals surface area contributed by atoms with E-state index in [0.717, 1.165) is 16.6 Å². The van der Waals surface area contributed by atoms with E-state index < -0.39 is 0 Å². The molecular weight excluding hydrogens is 212 g/mol. The van der Waals surface area contributed by atoms with Gasteiger partial charge in [0.2, 0.25) is 0 Å². The van der Waals surface area contributed by atoms with Gasteiger partial charge in [0.25, 0.3) is 0 Å². The molecule has 0 bridgehead atoms. The van der Waals surface area contributed by atoms with E-state index in [-0.39, 0.29) is 6.61 Å². The molecule has 2 rings (SSSR count). The van der Waals surface area contributed by atoms with Crippen LogP contribution < -0.4 is 4.90 Å². The van der Waals surface area contributed by atoms with Crippen LogP contribution in [0.5, 0.6) is 0 Å². The Labute approximate surface area is 101 Å². The van der Waals surface area contributed by atoms with Crippen LogP contribution in [-0.2, 0) is 0 Å². The minimum atomic E-state index is 0.110. The average Bonchev–Trinajstić information content (AvgIpc) is 2.38. The fraction of sp³-hybridized carbons (Fsp3) is 0.214. The zero-order chi connectivity index (χ0) is 12.1. The van der Waals surface area contributed by atoms with Crippen LogP contribution in [0, 0.1) is 0 Å². The molecule has 0 spiro atoms. The van der Waals surface area contributed by atoms with Gasteiger partial charge in [-0.25, -0.2) is 4.98 Å². The molecule has 3 heteroatoms. The van der Waals surface area contributed by atoms with Gasteiger partial charge in [-0.3, -0.25) is 0 Å². The van der Waals surface area contributed by atoms with Crippen molar-refractivity contribution in [3.63, 3.8) is 0 Å². The third-order valence-corrected chi connectivity index (χ3v) is 2.67. The molecule has 1 aromatic carbocycles. The number of aliphatic hydroxyl groups excluding tert-OH is 1. The molecule has 0 aliphatic heterocycles. The third-order valence-electron chi connectivity index (χ3n) is 2.67. The quantitative estimate of drug-likeness (QED) is 0.797. The number of fused-ring (bicyclic) bond motifs is 1. The van der Waals surface area contributed by atoms with Gasteiger partial charge in [-0.2, -0.15) is 0 Å². The van der Waals surface area contributed by atoms with E-state index in [1.807, 2.05) is 35.2 Å². The van der Waals surface area contributed by atoms with Gasteiger partial charge >= 0.3 is 0 Å². The Kier molecular flexibility index (Phi) is 3.73. The molecule has 0 unspecified atom stereocenters. The highest BCUT2D eigenvalue weighted by molar-refractivity contribution is 5.92. The van der Waals surface area contributed by atoms with Gasteiger partial charge in [-0.05, 0) is 11.5 Å². The van der Waals surface area contributed by atoms with Crippen LogP contribution in [0.2, 0.25) is 0 Å². The van der Waals surface area contributed by atoms with Crippen molar-refractivity contribution in [3.05, 3.63) is 49.2 Å². The number of aliphatic hydroxyl groups is 1.